The molecule has 0 saturated carbocycles. The molecule has 0 spiro atoms. The first kappa shape index (κ1) is 21.3. The number of carbonyl (C=O) groups is 3. The largest absolute Gasteiger partial charge is 0.449 e. The second kappa shape index (κ2) is 8.32. The number of benzene rings is 2. The molecule has 148 valence electrons. The van der Waals surface area contributed by atoms with Gasteiger partial charge in [-0.15, -0.1) is 0 Å². The highest BCUT2D eigenvalue weighted by Crippen LogP contribution is 2.18. The number of aryl methyl sites for hydroxylation is 1. The molecule has 1 atom stereocenters. The first-order valence-electron chi connectivity index (χ1n) is 8.26. The molecule has 0 heterocycles. The number of sulfonamides is 1. The average molecular weight is 404 g/mol. The third kappa shape index (κ3) is 5.02. The molecule has 28 heavy (non-hydrogen) atoms. The Kier molecular flexibility index (Phi) is 6.32. The maximum absolute atomic E-state index is 12.4. The van der Waals surface area contributed by atoms with Crippen molar-refractivity contribution < 1.29 is 27.5 Å². The number of ether oxygens (including phenoxy) is 1. The first-order chi connectivity index (χ1) is 13.0. The lowest BCUT2D eigenvalue weighted by Gasteiger charge is -2.16. The fourth-order valence-electron chi connectivity index (χ4n) is 2.41. The molecule has 3 N–H and O–H groups in total. The number of amides is 1. The van der Waals surface area contributed by atoms with Crippen LogP contribution in [0.15, 0.2) is 47.4 Å². The Morgan fingerprint density at radius 3 is 2.32 bits per heavy atom. The zero-order chi connectivity index (χ0) is 21.1. The van der Waals surface area contributed by atoms with E-state index < -0.39 is 28.0 Å². The fraction of sp³-hybridized carbons (Fsp3) is 0.211. The van der Waals surface area contributed by atoms with Crippen molar-refractivity contribution in [2.45, 2.75) is 31.8 Å². The second-order valence-corrected chi connectivity index (χ2v) is 7.72. The summed E-state index contributed by atoms with van der Waals surface area (Å²) in [6.45, 7) is 4.33. The number of ketones is 1. The van der Waals surface area contributed by atoms with Crippen LogP contribution in [0.4, 0.5) is 5.69 Å². The van der Waals surface area contributed by atoms with Gasteiger partial charge < -0.3 is 10.1 Å². The SMILES string of the molecule is CC(=O)c1ccccc1NC(=O)C(C)OC(=O)c1cc(S(N)(=O)=O)ccc1C. The van der Waals surface area contributed by atoms with Crippen LogP contribution in [0.3, 0.4) is 0 Å². The van der Waals surface area contributed by atoms with Crippen molar-refractivity contribution in [1.82, 2.24) is 0 Å². The number of carbonyl (C=O) groups excluding carboxylic acids is 3. The Hall–Kier alpha value is -3.04. The van der Waals surface area contributed by atoms with E-state index in [1.54, 1.807) is 31.2 Å². The highest BCUT2D eigenvalue weighted by atomic mass is 32.2. The molecule has 1 amide bonds. The van der Waals surface area contributed by atoms with Crippen LogP contribution in [-0.4, -0.2) is 32.2 Å². The van der Waals surface area contributed by atoms with Crippen molar-refractivity contribution >= 4 is 33.4 Å². The van der Waals surface area contributed by atoms with Gasteiger partial charge in [0, 0.05) is 5.56 Å². The van der Waals surface area contributed by atoms with Gasteiger partial charge in [-0.1, -0.05) is 18.2 Å². The van der Waals surface area contributed by atoms with Gasteiger partial charge in [0.1, 0.15) is 0 Å². The smallest absolute Gasteiger partial charge is 0.339 e. The van der Waals surface area contributed by atoms with Crippen LogP contribution in [0.2, 0.25) is 0 Å². The van der Waals surface area contributed by atoms with Crippen molar-refractivity contribution in [2.24, 2.45) is 5.14 Å². The first-order valence-corrected chi connectivity index (χ1v) is 9.80. The normalized spacial score (nSPS) is 12.1. The molecule has 8 nitrogen and oxygen atoms in total. The van der Waals surface area contributed by atoms with Crippen molar-refractivity contribution in [2.75, 3.05) is 5.32 Å². The van der Waals surface area contributed by atoms with E-state index in [2.05, 4.69) is 5.32 Å². The summed E-state index contributed by atoms with van der Waals surface area (Å²) < 4.78 is 28.1. The van der Waals surface area contributed by atoms with Gasteiger partial charge in [-0.2, -0.15) is 0 Å². The molecule has 0 aromatic heterocycles. The Morgan fingerprint density at radius 2 is 1.71 bits per heavy atom. The summed E-state index contributed by atoms with van der Waals surface area (Å²) in [5, 5.41) is 7.62. The molecule has 0 saturated heterocycles. The van der Waals surface area contributed by atoms with Gasteiger partial charge in [0.15, 0.2) is 11.9 Å². The average Bonchev–Trinajstić information content (AvgIpc) is 2.61. The van der Waals surface area contributed by atoms with Gasteiger partial charge in [0.05, 0.1) is 16.1 Å². The molecule has 2 aromatic carbocycles. The Bertz CT molecular complexity index is 1050. The van der Waals surface area contributed by atoms with Crippen molar-refractivity contribution in [3.8, 4) is 0 Å². The molecule has 2 rings (SSSR count). The molecule has 0 fully saturated rings. The Balaban J connectivity index is 2.17. The number of rotatable bonds is 6. The molecule has 9 heteroatoms. The minimum absolute atomic E-state index is 0.0182. The molecular formula is C19H20N2O6S. The lowest BCUT2D eigenvalue weighted by Crippen LogP contribution is -2.30. The summed E-state index contributed by atoms with van der Waals surface area (Å²) >= 11 is 0. The monoisotopic (exact) mass is 404 g/mol. The quantitative estimate of drug-likeness (QED) is 0.559. The van der Waals surface area contributed by atoms with Crippen LogP contribution in [0, 0.1) is 6.92 Å². The van der Waals surface area contributed by atoms with E-state index >= 15 is 0 Å². The van der Waals surface area contributed by atoms with E-state index in [-0.39, 0.29) is 16.2 Å². The van der Waals surface area contributed by atoms with Crippen LogP contribution < -0.4 is 10.5 Å². The third-order valence-corrected chi connectivity index (χ3v) is 4.89. The van der Waals surface area contributed by atoms with E-state index in [1.165, 1.54) is 26.0 Å². The zero-order valence-corrected chi connectivity index (χ0v) is 16.4. The second-order valence-electron chi connectivity index (χ2n) is 6.16. The minimum Gasteiger partial charge on any atom is -0.449 e. The number of esters is 1. The van der Waals surface area contributed by atoms with Gasteiger partial charge in [-0.25, -0.2) is 18.4 Å². The van der Waals surface area contributed by atoms with E-state index in [0.717, 1.165) is 6.07 Å². The van der Waals surface area contributed by atoms with Gasteiger partial charge >= 0.3 is 5.97 Å². The number of Topliss-reactive ketones (excluding diaryl/α,β-unsaturated/α-hetero) is 1. The summed E-state index contributed by atoms with van der Waals surface area (Å²) in [5.41, 5.74) is 1.07. The van der Waals surface area contributed by atoms with Crippen LogP contribution in [0.1, 0.15) is 40.1 Å². The molecule has 0 aliphatic carbocycles. The van der Waals surface area contributed by atoms with E-state index in [1.807, 2.05) is 0 Å². The number of hydrogen-bond acceptors (Lipinski definition) is 6. The maximum atomic E-state index is 12.4. The van der Waals surface area contributed by atoms with Crippen LogP contribution in [-0.2, 0) is 19.6 Å². The number of hydrogen-bond donors (Lipinski definition) is 2. The predicted octanol–water partition coefficient (Wildman–Crippen LogP) is 2.03. The van der Waals surface area contributed by atoms with Gasteiger partial charge in [0.25, 0.3) is 5.91 Å². The molecule has 0 aliphatic rings. The highest BCUT2D eigenvalue weighted by Gasteiger charge is 2.22. The lowest BCUT2D eigenvalue weighted by molar-refractivity contribution is -0.123. The fourth-order valence-corrected chi connectivity index (χ4v) is 2.95. The van der Waals surface area contributed by atoms with E-state index in [0.29, 0.717) is 16.8 Å². The maximum Gasteiger partial charge on any atom is 0.339 e. The zero-order valence-electron chi connectivity index (χ0n) is 15.6. The molecule has 1 unspecified atom stereocenters. The van der Waals surface area contributed by atoms with E-state index in [4.69, 9.17) is 9.88 Å². The summed E-state index contributed by atoms with van der Waals surface area (Å²) in [4.78, 5) is 36.1. The lowest BCUT2D eigenvalue weighted by atomic mass is 10.1. The standard InChI is InChI=1S/C19H20N2O6S/c1-11-8-9-14(28(20,25)26)10-16(11)19(24)27-13(3)18(23)21-17-7-5-4-6-15(17)12(2)22/h4-10,13H,1-3H3,(H,21,23)(H2,20,25,26). The molecular weight excluding hydrogens is 384 g/mol. The van der Waals surface area contributed by atoms with Crippen LogP contribution >= 0.6 is 0 Å². The van der Waals surface area contributed by atoms with Crippen LogP contribution in [0.25, 0.3) is 0 Å². The minimum atomic E-state index is -3.99. The van der Waals surface area contributed by atoms with E-state index in [9.17, 15) is 22.8 Å². The number of nitrogens with one attached hydrogen (secondary N) is 1. The molecule has 0 radical (unpaired) electrons. The number of anilines is 1. The summed E-state index contributed by atoms with van der Waals surface area (Å²) in [5.74, 6) is -1.73. The Labute approximate surface area is 162 Å². The summed E-state index contributed by atoms with van der Waals surface area (Å²) in [6, 6.07) is 10.2. The van der Waals surface area contributed by atoms with Crippen molar-refractivity contribution in [3.05, 3.63) is 59.2 Å². The van der Waals surface area contributed by atoms with Crippen LogP contribution in [0.5, 0.6) is 0 Å². The van der Waals surface area contributed by atoms with Crippen molar-refractivity contribution in [3.63, 3.8) is 0 Å². The molecule has 2 aromatic rings. The topological polar surface area (TPSA) is 133 Å². The van der Waals surface area contributed by atoms with Gasteiger partial charge in [-0.05, 0) is 50.6 Å². The Morgan fingerprint density at radius 1 is 1.07 bits per heavy atom. The van der Waals surface area contributed by atoms with Gasteiger partial charge in [0.2, 0.25) is 10.0 Å². The van der Waals surface area contributed by atoms with Crippen molar-refractivity contribution in [1.29, 1.82) is 0 Å². The van der Waals surface area contributed by atoms with Gasteiger partial charge in [-0.3, -0.25) is 9.59 Å². The molecule has 0 bridgehead atoms. The summed E-state index contributed by atoms with van der Waals surface area (Å²) in [6.07, 6.45) is -1.19. The third-order valence-electron chi connectivity index (χ3n) is 3.97. The number of primary sulfonamides is 1. The highest BCUT2D eigenvalue weighted by molar-refractivity contribution is 7.89. The predicted molar refractivity (Wildman–Crippen MR) is 103 cm³/mol. The molecule has 0 aliphatic heterocycles. The summed E-state index contributed by atoms with van der Waals surface area (Å²) in [7, 11) is -3.99. The number of nitrogens with two attached hydrogens (primary N) is 1. The number of para-hydroxylation sites is 1.